The molecule has 0 heterocycles. The van der Waals surface area contributed by atoms with Crippen molar-refractivity contribution in [3.63, 3.8) is 0 Å². The molecule has 0 aromatic rings. The van der Waals surface area contributed by atoms with E-state index in [0.29, 0.717) is 0 Å². The minimum atomic E-state index is 0.782. The third-order valence-corrected chi connectivity index (χ3v) is 3.87. The third-order valence-electron chi connectivity index (χ3n) is 2.27. The van der Waals surface area contributed by atoms with Gasteiger partial charge in [0.2, 0.25) is 0 Å². The van der Waals surface area contributed by atoms with E-state index < -0.39 is 0 Å². The molecular weight excluding hydrogens is 152 g/mol. The lowest BCUT2D eigenvalue weighted by atomic mass is 10.3. The fourth-order valence-corrected chi connectivity index (χ4v) is 2.91. The first-order valence-corrected chi connectivity index (χ1v) is 5.21. The lowest BCUT2D eigenvalue weighted by molar-refractivity contribution is 0.901. The first kappa shape index (κ1) is 8.92. The van der Waals surface area contributed by atoms with Crippen molar-refractivity contribution in [2.45, 2.75) is 18.6 Å². The molecule has 0 amide bonds. The molecule has 0 radical (unpaired) electrons. The van der Waals surface area contributed by atoms with Crippen LogP contribution < -0.4 is 0 Å². The Hall–Kier alpha value is -0.170. The molecule has 1 fully saturated rings. The zero-order valence-electron chi connectivity index (χ0n) is 7.12. The molecule has 1 heteroatoms. The maximum Gasteiger partial charge on any atom is 0.0144 e. The molecule has 0 aromatic heterocycles. The maximum atomic E-state index is 3.82. The molecule has 0 N–H and O–H groups in total. The summed E-state index contributed by atoms with van der Waals surface area (Å²) in [6.07, 6.45) is 5.22. The van der Waals surface area contributed by atoms with Crippen LogP contribution in [-0.2, 0) is 0 Å². The van der Waals surface area contributed by atoms with Crippen molar-refractivity contribution in [2.75, 3.05) is 5.75 Å². The van der Waals surface area contributed by atoms with Gasteiger partial charge >= 0.3 is 0 Å². The zero-order valence-corrected chi connectivity index (χ0v) is 7.94. The topological polar surface area (TPSA) is 0 Å². The number of thioether (sulfide) groups is 1. The van der Waals surface area contributed by atoms with Crippen LogP contribution in [-0.4, -0.2) is 11.0 Å². The molecule has 1 aliphatic carbocycles. The van der Waals surface area contributed by atoms with Gasteiger partial charge in [0.25, 0.3) is 0 Å². The second-order valence-corrected chi connectivity index (χ2v) is 4.37. The Kier molecular flexibility index (Phi) is 3.25. The lowest BCUT2D eigenvalue weighted by Crippen LogP contribution is -1.82. The Morgan fingerprint density at radius 3 is 2.64 bits per heavy atom. The Morgan fingerprint density at radius 2 is 2.18 bits per heavy atom. The van der Waals surface area contributed by atoms with Crippen molar-refractivity contribution in [1.82, 2.24) is 0 Å². The van der Waals surface area contributed by atoms with Crippen molar-refractivity contribution >= 4 is 11.8 Å². The molecule has 0 saturated heterocycles. The minimum absolute atomic E-state index is 0.782. The molecular formula is C10H16S. The SMILES string of the molecule is C=CCCSC1C(C)C1C=C. The molecule has 3 unspecified atom stereocenters. The predicted octanol–water partition coefficient (Wildman–Crippen LogP) is 3.12. The highest BCUT2D eigenvalue weighted by Crippen LogP contribution is 2.48. The number of hydrogen-bond donors (Lipinski definition) is 0. The van der Waals surface area contributed by atoms with E-state index in [1.165, 1.54) is 5.75 Å². The van der Waals surface area contributed by atoms with Crippen LogP contribution in [0.3, 0.4) is 0 Å². The first-order valence-electron chi connectivity index (χ1n) is 4.16. The number of allylic oxidation sites excluding steroid dienone is 2. The molecule has 0 aliphatic heterocycles. The fourth-order valence-electron chi connectivity index (χ4n) is 1.35. The van der Waals surface area contributed by atoms with Gasteiger partial charge in [0.15, 0.2) is 0 Å². The van der Waals surface area contributed by atoms with Crippen LogP contribution in [0.2, 0.25) is 0 Å². The van der Waals surface area contributed by atoms with E-state index in [0.717, 1.165) is 23.5 Å². The summed E-state index contributed by atoms with van der Waals surface area (Å²) in [6.45, 7) is 9.82. The average Bonchev–Trinajstić information content (AvgIpc) is 2.62. The van der Waals surface area contributed by atoms with Crippen molar-refractivity contribution < 1.29 is 0 Å². The first-order chi connectivity index (χ1) is 5.31. The van der Waals surface area contributed by atoms with Crippen molar-refractivity contribution in [3.8, 4) is 0 Å². The van der Waals surface area contributed by atoms with E-state index in [2.05, 4.69) is 37.9 Å². The summed E-state index contributed by atoms with van der Waals surface area (Å²) in [6, 6.07) is 0. The molecule has 3 atom stereocenters. The molecule has 11 heavy (non-hydrogen) atoms. The van der Waals surface area contributed by atoms with E-state index in [1.54, 1.807) is 0 Å². The van der Waals surface area contributed by atoms with E-state index in [9.17, 15) is 0 Å². The standard InChI is InChI=1S/C10H16S/c1-4-6-7-11-10-8(3)9(10)5-2/h4-5,8-10H,1-2,6-7H2,3H3. The Labute approximate surface area is 73.8 Å². The van der Waals surface area contributed by atoms with Crippen LogP contribution in [0.25, 0.3) is 0 Å². The molecule has 1 saturated carbocycles. The predicted molar refractivity (Wildman–Crippen MR) is 53.9 cm³/mol. The Balaban J connectivity index is 2.10. The summed E-state index contributed by atoms with van der Waals surface area (Å²) in [4.78, 5) is 0. The van der Waals surface area contributed by atoms with Crippen molar-refractivity contribution in [3.05, 3.63) is 25.3 Å². The van der Waals surface area contributed by atoms with Gasteiger partial charge in [0.05, 0.1) is 0 Å². The van der Waals surface area contributed by atoms with Gasteiger partial charge in [-0.25, -0.2) is 0 Å². The Morgan fingerprint density at radius 1 is 1.45 bits per heavy atom. The second kappa shape index (κ2) is 4.01. The van der Waals surface area contributed by atoms with Gasteiger partial charge in [0.1, 0.15) is 0 Å². The summed E-state index contributed by atoms with van der Waals surface area (Å²) < 4.78 is 0. The van der Waals surface area contributed by atoms with Gasteiger partial charge in [-0.05, 0) is 24.0 Å². The van der Waals surface area contributed by atoms with Gasteiger partial charge in [-0.1, -0.05) is 19.1 Å². The van der Waals surface area contributed by atoms with Gasteiger partial charge in [0, 0.05) is 5.25 Å². The summed E-state index contributed by atoms with van der Waals surface area (Å²) in [7, 11) is 0. The van der Waals surface area contributed by atoms with Crippen LogP contribution in [0.1, 0.15) is 13.3 Å². The maximum absolute atomic E-state index is 3.82. The van der Waals surface area contributed by atoms with E-state index in [4.69, 9.17) is 0 Å². The van der Waals surface area contributed by atoms with Gasteiger partial charge < -0.3 is 0 Å². The minimum Gasteiger partial charge on any atom is -0.157 e. The fraction of sp³-hybridized carbons (Fsp3) is 0.600. The summed E-state index contributed by atoms with van der Waals surface area (Å²) in [5.74, 6) is 2.87. The summed E-state index contributed by atoms with van der Waals surface area (Å²) >= 11 is 2.07. The molecule has 62 valence electrons. The van der Waals surface area contributed by atoms with Crippen LogP contribution in [0.5, 0.6) is 0 Å². The van der Waals surface area contributed by atoms with Crippen LogP contribution in [0.4, 0.5) is 0 Å². The number of rotatable bonds is 5. The second-order valence-electron chi connectivity index (χ2n) is 3.08. The van der Waals surface area contributed by atoms with Crippen LogP contribution >= 0.6 is 11.8 Å². The molecule has 0 bridgehead atoms. The smallest absolute Gasteiger partial charge is 0.0144 e. The van der Waals surface area contributed by atoms with Crippen LogP contribution in [0, 0.1) is 11.8 Å². The highest BCUT2D eigenvalue weighted by molar-refractivity contribution is 8.00. The van der Waals surface area contributed by atoms with Crippen molar-refractivity contribution in [1.29, 1.82) is 0 Å². The van der Waals surface area contributed by atoms with E-state index >= 15 is 0 Å². The molecule has 1 rings (SSSR count). The monoisotopic (exact) mass is 168 g/mol. The summed E-state index contributed by atoms with van der Waals surface area (Å²) in [5.41, 5.74) is 0. The highest BCUT2D eigenvalue weighted by atomic mass is 32.2. The number of hydrogen-bond acceptors (Lipinski definition) is 1. The normalized spacial score (nSPS) is 34.8. The average molecular weight is 168 g/mol. The van der Waals surface area contributed by atoms with E-state index in [-0.39, 0.29) is 0 Å². The van der Waals surface area contributed by atoms with E-state index in [1.807, 2.05) is 6.08 Å². The molecule has 1 aliphatic rings. The Bertz CT molecular complexity index is 151. The highest BCUT2D eigenvalue weighted by Gasteiger charge is 2.44. The summed E-state index contributed by atoms with van der Waals surface area (Å²) in [5, 5.41) is 0.854. The van der Waals surface area contributed by atoms with Gasteiger partial charge in [-0.2, -0.15) is 11.8 Å². The lowest BCUT2D eigenvalue weighted by Gasteiger charge is -1.94. The van der Waals surface area contributed by atoms with Crippen molar-refractivity contribution in [2.24, 2.45) is 11.8 Å². The molecule has 0 aromatic carbocycles. The van der Waals surface area contributed by atoms with Crippen LogP contribution in [0.15, 0.2) is 25.3 Å². The zero-order chi connectivity index (χ0) is 8.27. The molecule has 0 spiro atoms. The largest absolute Gasteiger partial charge is 0.157 e. The third kappa shape index (κ3) is 2.13. The quantitative estimate of drug-likeness (QED) is 0.449. The molecule has 0 nitrogen and oxygen atoms in total. The van der Waals surface area contributed by atoms with Gasteiger partial charge in [-0.3, -0.25) is 0 Å². The van der Waals surface area contributed by atoms with Gasteiger partial charge in [-0.15, -0.1) is 13.2 Å².